The Morgan fingerprint density at radius 1 is 1.35 bits per heavy atom. The van der Waals surface area contributed by atoms with Crippen molar-refractivity contribution in [1.82, 2.24) is 0 Å². The topological polar surface area (TPSA) is 47.9 Å². The second kappa shape index (κ2) is 7.84. The SMILES string of the molecule is Cc1cccc(Cl)c1OC[C@@H](O)COC1CCOCC1. The van der Waals surface area contributed by atoms with Crippen LogP contribution in [0, 0.1) is 6.92 Å². The molecule has 1 atom stereocenters. The van der Waals surface area contributed by atoms with Crippen LogP contribution in [-0.4, -0.2) is 43.7 Å². The first-order valence-electron chi connectivity index (χ1n) is 6.92. The van der Waals surface area contributed by atoms with Crippen molar-refractivity contribution in [3.8, 4) is 5.75 Å². The fourth-order valence-corrected chi connectivity index (χ4v) is 2.39. The number of hydrogen-bond acceptors (Lipinski definition) is 4. The third kappa shape index (κ3) is 4.63. The third-order valence-electron chi connectivity index (χ3n) is 3.28. The Morgan fingerprint density at radius 3 is 2.80 bits per heavy atom. The first-order chi connectivity index (χ1) is 9.66. The molecule has 1 aromatic carbocycles. The van der Waals surface area contributed by atoms with Gasteiger partial charge in [0.15, 0.2) is 0 Å². The van der Waals surface area contributed by atoms with Crippen LogP contribution >= 0.6 is 11.6 Å². The average Bonchev–Trinajstić information content (AvgIpc) is 2.46. The van der Waals surface area contributed by atoms with Crippen LogP contribution in [0.5, 0.6) is 5.75 Å². The van der Waals surface area contributed by atoms with E-state index in [1.807, 2.05) is 19.1 Å². The zero-order valence-electron chi connectivity index (χ0n) is 11.7. The molecule has 1 fully saturated rings. The highest BCUT2D eigenvalue weighted by molar-refractivity contribution is 6.32. The van der Waals surface area contributed by atoms with Crippen molar-refractivity contribution in [1.29, 1.82) is 0 Å². The Bertz CT molecular complexity index is 398. The lowest BCUT2D eigenvalue weighted by molar-refractivity contribution is -0.0659. The van der Waals surface area contributed by atoms with Gasteiger partial charge in [-0.15, -0.1) is 0 Å². The lowest BCUT2D eigenvalue weighted by Crippen LogP contribution is -2.30. The summed E-state index contributed by atoms with van der Waals surface area (Å²) in [5.41, 5.74) is 0.954. The number of rotatable bonds is 6. The number of hydrogen-bond donors (Lipinski definition) is 1. The summed E-state index contributed by atoms with van der Waals surface area (Å²) in [5.74, 6) is 0.624. The van der Waals surface area contributed by atoms with Gasteiger partial charge in [-0.05, 0) is 31.4 Å². The largest absolute Gasteiger partial charge is 0.489 e. The van der Waals surface area contributed by atoms with E-state index in [1.54, 1.807) is 6.07 Å². The van der Waals surface area contributed by atoms with Crippen molar-refractivity contribution in [2.24, 2.45) is 0 Å². The maximum Gasteiger partial charge on any atom is 0.140 e. The summed E-state index contributed by atoms with van der Waals surface area (Å²) in [4.78, 5) is 0. The number of benzene rings is 1. The van der Waals surface area contributed by atoms with E-state index in [4.69, 9.17) is 25.8 Å². The van der Waals surface area contributed by atoms with Crippen LogP contribution in [0.3, 0.4) is 0 Å². The standard InChI is InChI=1S/C15H21ClO4/c1-11-3-2-4-14(16)15(11)20-10-12(17)9-19-13-5-7-18-8-6-13/h2-4,12-13,17H,5-10H2,1H3/t12-/m0/s1. The van der Waals surface area contributed by atoms with E-state index in [0.29, 0.717) is 10.8 Å². The maximum atomic E-state index is 9.90. The van der Waals surface area contributed by atoms with Gasteiger partial charge in [0.2, 0.25) is 0 Å². The summed E-state index contributed by atoms with van der Waals surface area (Å²) >= 11 is 6.06. The summed E-state index contributed by atoms with van der Waals surface area (Å²) < 4.78 is 16.5. The molecule has 1 aliphatic heterocycles. The fourth-order valence-electron chi connectivity index (χ4n) is 2.12. The minimum Gasteiger partial charge on any atom is -0.489 e. The molecule has 1 heterocycles. The molecule has 0 bridgehead atoms. The molecule has 5 heteroatoms. The molecule has 0 aromatic heterocycles. The molecule has 20 heavy (non-hydrogen) atoms. The zero-order chi connectivity index (χ0) is 14.4. The molecule has 0 saturated carbocycles. The van der Waals surface area contributed by atoms with Crippen LogP contribution in [0.1, 0.15) is 18.4 Å². The number of aliphatic hydroxyl groups excluding tert-OH is 1. The highest BCUT2D eigenvalue weighted by Crippen LogP contribution is 2.27. The quantitative estimate of drug-likeness (QED) is 0.877. The number of ether oxygens (including phenoxy) is 3. The summed E-state index contributed by atoms with van der Waals surface area (Å²) in [6, 6.07) is 5.57. The van der Waals surface area contributed by atoms with Gasteiger partial charge in [-0.25, -0.2) is 0 Å². The molecule has 0 radical (unpaired) electrons. The number of halogens is 1. The molecule has 1 aromatic rings. The molecular weight excluding hydrogens is 280 g/mol. The summed E-state index contributed by atoms with van der Waals surface area (Å²) in [6.45, 7) is 3.83. The highest BCUT2D eigenvalue weighted by Gasteiger charge is 2.16. The van der Waals surface area contributed by atoms with Crippen LogP contribution < -0.4 is 4.74 Å². The number of aryl methyl sites for hydroxylation is 1. The normalized spacial score (nSPS) is 17.9. The molecule has 4 nitrogen and oxygen atoms in total. The highest BCUT2D eigenvalue weighted by atomic mass is 35.5. The summed E-state index contributed by atoms with van der Waals surface area (Å²) in [6.07, 6.45) is 1.29. The number of aliphatic hydroxyl groups is 1. The first-order valence-corrected chi connectivity index (χ1v) is 7.30. The van der Waals surface area contributed by atoms with Crippen LogP contribution in [-0.2, 0) is 9.47 Å². The molecule has 0 aliphatic carbocycles. The Labute approximate surface area is 124 Å². The second-order valence-electron chi connectivity index (χ2n) is 5.00. The van der Waals surface area contributed by atoms with Crippen molar-refractivity contribution in [2.75, 3.05) is 26.4 Å². The van der Waals surface area contributed by atoms with E-state index < -0.39 is 6.10 Å². The Hall–Kier alpha value is -0.810. The van der Waals surface area contributed by atoms with Gasteiger partial charge in [0.05, 0.1) is 17.7 Å². The molecule has 1 N–H and O–H groups in total. The second-order valence-corrected chi connectivity index (χ2v) is 5.40. The van der Waals surface area contributed by atoms with Crippen molar-refractivity contribution in [2.45, 2.75) is 32.0 Å². The zero-order valence-corrected chi connectivity index (χ0v) is 12.4. The Kier molecular flexibility index (Phi) is 6.10. The van der Waals surface area contributed by atoms with E-state index >= 15 is 0 Å². The van der Waals surface area contributed by atoms with Gasteiger partial charge in [0, 0.05) is 13.2 Å². The summed E-state index contributed by atoms with van der Waals surface area (Å²) in [5, 5.41) is 10.5. The van der Waals surface area contributed by atoms with Gasteiger partial charge in [0.25, 0.3) is 0 Å². The van der Waals surface area contributed by atoms with E-state index in [0.717, 1.165) is 31.6 Å². The molecule has 0 unspecified atom stereocenters. The molecule has 1 saturated heterocycles. The van der Waals surface area contributed by atoms with Crippen molar-refractivity contribution >= 4 is 11.6 Å². The lowest BCUT2D eigenvalue weighted by atomic mass is 10.1. The van der Waals surface area contributed by atoms with E-state index in [2.05, 4.69) is 0 Å². The van der Waals surface area contributed by atoms with Crippen LogP contribution in [0.25, 0.3) is 0 Å². The maximum absolute atomic E-state index is 9.90. The van der Waals surface area contributed by atoms with E-state index in [-0.39, 0.29) is 19.3 Å². The number of para-hydroxylation sites is 1. The van der Waals surface area contributed by atoms with Gasteiger partial charge in [0.1, 0.15) is 18.5 Å². The molecule has 0 amide bonds. The molecule has 1 aliphatic rings. The van der Waals surface area contributed by atoms with Gasteiger partial charge in [-0.3, -0.25) is 0 Å². The first kappa shape index (κ1) is 15.6. The monoisotopic (exact) mass is 300 g/mol. The van der Waals surface area contributed by atoms with Crippen molar-refractivity contribution < 1.29 is 19.3 Å². The minimum absolute atomic E-state index is 0.174. The van der Waals surface area contributed by atoms with E-state index in [9.17, 15) is 5.11 Å². The van der Waals surface area contributed by atoms with Crippen molar-refractivity contribution in [3.05, 3.63) is 28.8 Å². The lowest BCUT2D eigenvalue weighted by Gasteiger charge is -2.24. The van der Waals surface area contributed by atoms with Gasteiger partial charge >= 0.3 is 0 Å². The molecule has 0 spiro atoms. The molecule has 112 valence electrons. The fraction of sp³-hybridized carbons (Fsp3) is 0.600. The summed E-state index contributed by atoms with van der Waals surface area (Å²) in [7, 11) is 0. The predicted molar refractivity (Wildman–Crippen MR) is 77.5 cm³/mol. The predicted octanol–water partition coefficient (Wildman–Crippen LogP) is 2.58. The third-order valence-corrected chi connectivity index (χ3v) is 3.57. The van der Waals surface area contributed by atoms with Gasteiger partial charge in [-0.2, -0.15) is 0 Å². The minimum atomic E-state index is -0.659. The van der Waals surface area contributed by atoms with E-state index in [1.165, 1.54) is 0 Å². The Morgan fingerprint density at radius 2 is 2.10 bits per heavy atom. The van der Waals surface area contributed by atoms with Gasteiger partial charge in [-0.1, -0.05) is 23.7 Å². The molecule has 2 rings (SSSR count). The average molecular weight is 301 g/mol. The van der Waals surface area contributed by atoms with Crippen LogP contribution in [0.2, 0.25) is 5.02 Å². The Balaban J connectivity index is 1.73. The van der Waals surface area contributed by atoms with Gasteiger partial charge < -0.3 is 19.3 Å². The van der Waals surface area contributed by atoms with Crippen LogP contribution in [0.4, 0.5) is 0 Å². The smallest absolute Gasteiger partial charge is 0.140 e. The van der Waals surface area contributed by atoms with Crippen LogP contribution in [0.15, 0.2) is 18.2 Å². The molecular formula is C15H21ClO4. The van der Waals surface area contributed by atoms with Crippen molar-refractivity contribution in [3.63, 3.8) is 0 Å².